The van der Waals surface area contributed by atoms with E-state index in [4.69, 9.17) is 10.5 Å². The Balaban J connectivity index is 2.41. The second-order valence-corrected chi connectivity index (χ2v) is 3.75. The molecule has 0 radical (unpaired) electrons. The van der Waals surface area contributed by atoms with Crippen LogP contribution in [0.5, 0.6) is 0 Å². The molecule has 0 spiro atoms. The van der Waals surface area contributed by atoms with E-state index in [1.54, 1.807) is 19.1 Å². The Morgan fingerprint density at radius 2 is 1.94 bits per heavy atom. The van der Waals surface area contributed by atoms with Crippen molar-refractivity contribution in [3.63, 3.8) is 0 Å². The van der Waals surface area contributed by atoms with E-state index < -0.39 is 5.97 Å². The van der Waals surface area contributed by atoms with E-state index in [0.717, 1.165) is 11.1 Å². The van der Waals surface area contributed by atoms with Crippen LogP contribution in [-0.2, 0) is 4.74 Å². The fourth-order valence-corrected chi connectivity index (χ4v) is 1.66. The van der Waals surface area contributed by atoms with E-state index in [1.165, 1.54) is 0 Å². The van der Waals surface area contributed by atoms with Crippen molar-refractivity contribution in [2.75, 3.05) is 12.3 Å². The van der Waals surface area contributed by atoms with E-state index in [9.17, 15) is 4.79 Å². The number of carbonyl (C=O) groups excluding carboxylic acids is 1. The minimum atomic E-state index is -0.456. The topological polar surface area (TPSA) is 65.2 Å². The molecule has 2 aromatic rings. The normalized spacial score (nSPS) is 10.1. The lowest BCUT2D eigenvalue weighted by molar-refractivity contribution is 0.0519. The van der Waals surface area contributed by atoms with Crippen molar-refractivity contribution < 1.29 is 9.53 Å². The molecule has 0 unspecified atom stereocenters. The van der Waals surface area contributed by atoms with Crippen LogP contribution in [-0.4, -0.2) is 17.6 Å². The molecule has 92 valence electrons. The van der Waals surface area contributed by atoms with E-state index in [2.05, 4.69) is 4.98 Å². The van der Waals surface area contributed by atoms with Crippen molar-refractivity contribution in [2.45, 2.75) is 6.92 Å². The molecule has 4 heteroatoms. The number of hydrogen-bond donors (Lipinski definition) is 1. The van der Waals surface area contributed by atoms with Gasteiger partial charge in [-0.1, -0.05) is 30.3 Å². The molecule has 4 nitrogen and oxygen atoms in total. The summed E-state index contributed by atoms with van der Waals surface area (Å²) in [6, 6.07) is 13.1. The Morgan fingerprint density at radius 3 is 2.61 bits per heavy atom. The Hall–Kier alpha value is -2.36. The monoisotopic (exact) mass is 242 g/mol. The average molecular weight is 242 g/mol. The number of anilines is 1. The first-order chi connectivity index (χ1) is 8.70. The van der Waals surface area contributed by atoms with Crippen molar-refractivity contribution in [1.29, 1.82) is 0 Å². The SMILES string of the molecule is CCOC(=O)c1cc(-c2ccccc2)cc(N)n1. The number of aromatic nitrogens is 1. The molecule has 0 aliphatic rings. The van der Waals surface area contributed by atoms with E-state index in [1.807, 2.05) is 30.3 Å². The molecule has 1 aromatic carbocycles. The first-order valence-electron chi connectivity index (χ1n) is 5.71. The number of nitrogens with zero attached hydrogens (tertiary/aromatic N) is 1. The second kappa shape index (κ2) is 5.31. The summed E-state index contributed by atoms with van der Waals surface area (Å²) in [6.07, 6.45) is 0. The third-order valence-electron chi connectivity index (χ3n) is 2.44. The number of ether oxygens (including phenoxy) is 1. The maximum Gasteiger partial charge on any atom is 0.357 e. The Kier molecular flexibility index (Phi) is 3.57. The van der Waals surface area contributed by atoms with Gasteiger partial charge in [-0.3, -0.25) is 0 Å². The molecular formula is C14H14N2O2. The second-order valence-electron chi connectivity index (χ2n) is 3.75. The first kappa shape index (κ1) is 12.1. The smallest absolute Gasteiger partial charge is 0.357 e. The lowest BCUT2D eigenvalue weighted by Crippen LogP contribution is -2.08. The van der Waals surface area contributed by atoms with Gasteiger partial charge >= 0.3 is 5.97 Å². The van der Waals surface area contributed by atoms with Crippen LogP contribution < -0.4 is 5.73 Å². The molecule has 18 heavy (non-hydrogen) atoms. The number of hydrogen-bond acceptors (Lipinski definition) is 4. The molecule has 1 heterocycles. The molecule has 2 N–H and O–H groups in total. The third-order valence-corrected chi connectivity index (χ3v) is 2.44. The lowest BCUT2D eigenvalue weighted by atomic mass is 10.1. The zero-order valence-electron chi connectivity index (χ0n) is 10.1. The summed E-state index contributed by atoms with van der Waals surface area (Å²) in [5.74, 6) is -0.151. The zero-order valence-corrected chi connectivity index (χ0v) is 10.1. The van der Waals surface area contributed by atoms with Gasteiger partial charge in [-0.2, -0.15) is 0 Å². The van der Waals surface area contributed by atoms with Gasteiger partial charge in [0.25, 0.3) is 0 Å². The van der Waals surface area contributed by atoms with Gasteiger partial charge < -0.3 is 10.5 Å². The number of pyridine rings is 1. The predicted octanol–water partition coefficient (Wildman–Crippen LogP) is 2.51. The maximum absolute atomic E-state index is 11.6. The van der Waals surface area contributed by atoms with Gasteiger partial charge in [0.05, 0.1) is 6.61 Å². The molecule has 0 bridgehead atoms. The summed E-state index contributed by atoms with van der Waals surface area (Å²) in [6.45, 7) is 2.07. The molecule has 0 atom stereocenters. The number of carbonyl (C=O) groups is 1. The highest BCUT2D eigenvalue weighted by Gasteiger charge is 2.11. The number of benzene rings is 1. The number of nitrogen functional groups attached to an aromatic ring is 1. The molecule has 0 aliphatic heterocycles. The van der Waals surface area contributed by atoms with Crippen LogP contribution in [0.4, 0.5) is 5.82 Å². The van der Waals surface area contributed by atoms with Gasteiger partial charge in [-0.15, -0.1) is 0 Å². The van der Waals surface area contributed by atoms with Gasteiger partial charge in [-0.05, 0) is 30.2 Å². The first-order valence-corrected chi connectivity index (χ1v) is 5.71. The zero-order chi connectivity index (χ0) is 13.0. The van der Waals surface area contributed by atoms with Crippen LogP contribution in [0.25, 0.3) is 11.1 Å². The molecule has 0 fully saturated rings. The minimum Gasteiger partial charge on any atom is -0.461 e. The van der Waals surface area contributed by atoms with Crippen molar-refractivity contribution in [3.8, 4) is 11.1 Å². The highest BCUT2D eigenvalue weighted by Crippen LogP contribution is 2.21. The van der Waals surface area contributed by atoms with Crippen LogP contribution in [0.2, 0.25) is 0 Å². The van der Waals surface area contributed by atoms with Crippen LogP contribution in [0.3, 0.4) is 0 Å². The van der Waals surface area contributed by atoms with Gasteiger partial charge in [0.2, 0.25) is 0 Å². The highest BCUT2D eigenvalue weighted by atomic mass is 16.5. The standard InChI is InChI=1S/C14H14N2O2/c1-2-18-14(17)12-8-11(9-13(15)16-12)10-6-4-3-5-7-10/h3-9H,2H2,1H3,(H2,15,16). The summed E-state index contributed by atoms with van der Waals surface area (Å²) in [4.78, 5) is 15.6. The summed E-state index contributed by atoms with van der Waals surface area (Å²) < 4.78 is 4.92. The minimum absolute atomic E-state index is 0.232. The van der Waals surface area contributed by atoms with Crippen molar-refractivity contribution in [3.05, 3.63) is 48.2 Å². The van der Waals surface area contributed by atoms with Gasteiger partial charge in [0, 0.05) is 0 Å². The number of rotatable bonds is 3. The van der Waals surface area contributed by atoms with E-state index >= 15 is 0 Å². The number of nitrogens with two attached hydrogens (primary N) is 1. The summed E-state index contributed by atoms with van der Waals surface area (Å²) in [5, 5.41) is 0. The molecule has 0 saturated carbocycles. The lowest BCUT2D eigenvalue weighted by Gasteiger charge is -2.06. The Morgan fingerprint density at radius 1 is 1.22 bits per heavy atom. The summed E-state index contributed by atoms with van der Waals surface area (Å²) >= 11 is 0. The molecule has 0 saturated heterocycles. The summed E-state index contributed by atoms with van der Waals surface area (Å²) in [7, 11) is 0. The fourth-order valence-electron chi connectivity index (χ4n) is 1.66. The predicted molar refractivity (Wildman–Crippen MR) is 70.0 cm³/mol. The fraction of sp³-hybridized carbons (Fsp3) is 0.143. The molecule has 0 amide bonds. The van der Waals surface area contributed by atoms with Crippen LogP contribution in [0, 0.1) is 0 Å². The van der Waals surface area contributed by atoms with E-state index in [0.29, 0.717) is 12.4 Å². The van der Waals surface area contributed by atoms with Gasteiger partial charge in [0.1, 0.15) is 5.82 Å². The Bertz CT molecular complexity index is 553. The molecular weight excluding hydrogens is 228 g/mol. The van der Waals surface area contributed by atoms with Crippen molar-refractivity contribution >= 4 is 11.8 Å². The van der Waals surface area contributed by atoms with Gasteiger partial charge in [-0.25, -0.2) is 9.78 Å². The largest absolute Gasteiger partial charge is 0.461 e. The van der Waals surface area contributed by atoms with Crippen LogP contribution in [0.1, 0.15) is 17.4 Å². The maximum atomic E-state index is 11.6. The van der Waals surface area contributed by atoms with E-state index in [-0.39, 0.29) is 5.69 Å². The quantitative estimate of drug-likeness (QED) is 0.840. The van der Waals surface area contributed by atoms with Crippen molar-refractivity contribution in [1.82, 2.24) is 4.98 Å². The van der Waals surface area contributed by atoms with Crippen LogP contribution >= 0.6 is 0 Å². The molecule has 2 rings (SSSR count). The van der Waals surface area contributed by atoms with Crippen LogP contribution in [0.15, 0.2) is 42.5 Å². The average Bonchev–Trinajstić information content (AvgIpc) is 2.39. The highest BCUT2D eigenvalue weighted by molar-refractivity contribution is 5.89. The number of esters is 1. The summed E-state index contributed by atoms with van der Waals surface area (Å²) in [5.41, 5.74) is 7.78. The Labute approximate surface area is 105 Å². The molecule has 1 aromatic heterocycles. The van der Waals surface area contributed by atoms with Crippen molar-refractivity contribution in [2.24, 2.45) is 0 Å². The molecule has 0 aliphatic carbocycles. The van der Waals surface area contributed by atoms with Gasteiger partial charge in [0.15, 0.2) is 5.69 Å². The third kappa shape index (κ3) is 2.66.